The highest BCUT2D eigenvalue weighted by molar-refractivity contribution is 5.26. The number of methoxy groups -OCH3 is 1. The molecule has 60 valence electrons. The Morgan fingerprint density at radius 2 is 2.36 bits per heavy atom. The molecular formula is C8H12N2O. The zero-order valence-electron chi connectivity index (χ0n) is 6.85. The fourth-order valence-electron chi connectivity index (χ4n) is 1.48. The minimum atomic E-state index is -0.0133. The SMILES string of the molecule is COC1(c2[nH]ncc2C)CC1. The van der Waals surface area contributed by atoms with Crippen LogP contribution in [0.2, 0.25) is 0 Å². The highest BCUT2D eigenvalue weighted by Gasteiger charge is 2.47. The second-order valence-electron chi connectivity index (χ2n) is 3.13. The average Bonchev–Trinajstić information content (AvgIpc) is 2.70. The van der Waals surface area contributed by atoms with Gasteiger partial charge in [0.1, 0.15) is 5.60 Å². The Balaban J connectivity index is 2.35. The average molecular weight is 152 g/mol. The summed E-state index contributed by atoms with van der Waals surface area (Å²) < 4.78 is 5.40. The van der Waals surface area contributed by atoms with Crippen LogP contribution in [0.25, 0.3) is 0 Å². The number of rotatable bonds is 2. The normalized spacial score (nSPS) is 20.2. The number of hydrogen-bond donors (Lipinski definition) is 1. The second-order valence-corrected chi connectivity index (χ2v) is 3.13. The van der Waals surface area contributed by atoms with Crippen molar-refractivity contribution in [2.75, 3.05) is 7.11 Å². The van der Waals surface area contributed by atoms with Crippen molar-refractivity contribution in [2.24, 2.45) is 0 Å². The van der Waals surface area contributed by atoms with Crippen molar-refractivity contribution in [3.05, 3.63) is 17.5 Å². The minimum absolute atomic E-state index is 0.0133. The molecule has 1 saturated carbocycles. The Kier molecular flexibility index (Phi) is 1.29. The van der Waals surface area contributed by atoms with E-state index in [1.807, 2.05) is 6.20 Å². The number of ether oxygens (including phenoxy) is 1. The first-order valence-electron chi connectivity index (χ1n) is 3.84. The molecule has 0 aromatic carbocycles. The smallest absolute Gasteiger partial charge is 0.109 e. The highest BCUT2D eigenvalue weighted by Crippen LogP contribution is 2.48. The molecule has 1 N–H and O–H groups in total. The van der Waals surface area contributed by atoms with E-state index in [-0.39, 0.29) is 5.60 Å². The first-order valence-corrected chi connectivity index (χ1v) is 3.84. The van der Waals surface area contributed by atoms with Crippen LogP contribution < -0.4 is 0 Å². The van der Waals surface area contributed by atoms with Crippen molar-refractivity contribution in [1.29, 1.82) is 0 Å². The van der Waals surface area contributed by atoms with Crippen LogP contribution in [0.1, 0.15) is 24.1 Å². The monoisotopic (exact) mass is 152 g/mol. The molecule has 0 radical (unpaired) electrons. The van der Waals surface area contributed by atoms with Crippen molar-refractivity contribution in [3.63, 3.8) is 0 Å². The van der Waals surface area contributed by atoms with Crippen LogP contribution in [0.3, 0.4) is 0 Å². The molecule has 3 heteroatoms. The number of aromatic nitrogens is 2. The summed E-state index contributed by atoms with van der Waals surface area (Å²) in [5.74, 6) is 0. The largest absolute Gasteiger partial charge is 0.372 e. The van der Waals surface area contributed by atoms with Crippen LogP contribution in [0.4, 0.5) is 0 Å². The number of H-pyrrole nitrogens is 1. The zero-order valence-corrected chi connectivity index (χ0v) is 6.85. The van der Waals surface area contributed by atoms with Crippen LogP contribution in [0.15, 0.2) is 6.20 Å². The van der Waals surface area contributed by atoms with Gasteiger partial charge in [-0.15, -0.1) is 0 Å². The maximum atomic E-state index is 5.40. The van der Waals surface area contributed by atoms with Crippen LogP contribution in [0, 0.1) is 6.92 Å². The van der Waals surface area contributed by atoms with Crippen LogP contribution in [0.5, 0.6) is 0 Å². The third kappa shape index (κ3) is 0.878. The Hall–Kier alpha value is -0.830. The van der Waals surface area contributed by atoms with Gasteiger partial charge in [0, 0.05) is 7.11 Å². The number of nitrogens with one attached hydrogen (secondary N) is 1. The first kappa shape index (κ1) is 6.85. The fraction of sp³-hybridized carbons (Fsp3) is 0.625. The van der Waals surface area contributed by atoms with E-state index in [4.69, 9.17) is 4.74 Å². The quantitative estimate of drug-likeness (QED) is 0.694. The van der Waals surface area contributed by atoms with Crippen LogP contribution >= 0.6 is 0 Å². The van der Waals surface area contributed by atoms with Crippen molar-refractivity contribution in [3.8, 4) is 0 Å². The summed E-state index contributed by atoms with van der Waals surface area (Å²) in [6.07, 6.45) is 4.08. The lowest BCUT2D eigenvalue weighted by molar-refractivity contribution is 0.0746. The van der Waals surface area contributed by atoms with Gasteiger partial charge in [0.2, 0.25) is 0 Å². The molecule has 1 heterocycles. The van der Waals surface area contributed by atoms with Gasteiger partial charge in [-0.2, -0.15) is 5.10 Å². The van der Waals surface area contributed by atoms with E-state index in [2.05, 4.69) is 17.1 Å². The van der Waals surface area contributed by atoms with Crippen molar-refractivity contribution in [2.45, 2.75) is 25.4 Å². The van der Waals surface area contributed by atoms with E-state index in [9.17, 15) is 0 Å². The van der Waals surface area contributed by atoms with E-state index in [0.717, 1.165) is 18.5 Å². The molecule has 1 aliphatic carbocycles. The summed E-state index contributed by atoms with van der Waals surface area (Å²) in [6.45, 7) is 2.05. The minimum Gasteiger partial charge on any atom is -0.372 e. The number of nitrogens with zero attached hydrogens (tertiary/aromatic N) is 1. The standard InChI is InChI=1S/C8H12N2O/c1-6-5-9-10-7(6)8(11-2)3-4-8/h5H,3-4H2,1-2H3,(H,9,10). The molecule has 0 saturated heterocycles. The summed E-state index contributed by atoms with van der Waals surface area (Å²) in [4.78, 5) is 0. The molecule has 0 spiro atoms. The molecular weight excluding hydrogens is 140 g/mol. The molecule has 0 atom stereocenters. The van der Waals surface area contributed by atoms with E-state index in [0.29, 0.717) is 0 Å². The molecule has 1 aromatic heterocycles. The van der Waals surface area contributed by atoms with Gasteiger partial charge in [-0.25, -0.2) is 0 Å². The topological polar surface area (TPSA) is 37.9 Å². The second kappa shape index (κ2) is 2.08. The first-order chi connectivity index (χ1) is 5.28. The Labute approximate surface area is 65.8 Å². The fourth-order valence-corrected chi connectivity index (χ4v) is 1.48. The molecule has 3 nitrogen and oxygen atoms in total. The van der Waals surface area contributed by atoms with Crippen LogP contribution in [-0.4, -0.2) is 17.3 Å². The Bertz CT molecular complexity index is 263. The van der Waals surface area contributed by atoms with E-state index in [1.54, 1.807) is 7.11 Å². The molecule has 1 fully saturated rings. The lowest BCUT2D eigenvalue weighted by Gasteiger charge is -2.11. The van der Waals surface area contributed by atoms with Gasteiger partial charge in [0.15, 0.2) is 0 Å². The molecule has 1 aliphatic rings. The number of aromatic amines is 1. The van der Waals surface area contributed by atoms with E-state index >= 15 is 0 Å². The van der Waals surface area contributed by atoms with E-state index in [1.165, 1.54) is 5.56 Å². The zero-order chi connectivity index (χ0) is 7.90. The summed E-state index contributed by atoms with van der Waals surface area (Å²) in [5, 5.41) is 6.96. The predicted octanol–water partition coefficient (Wildman–Crippen LogP) is 1.35. The van der Waals surface area contributed by atoms with Crippen molar-refractivity contribution in [1.82, 2.24) is 10.2 Å². The Morgan fingerprint density at radius 3 is 2.73 bits per heavy atom. The third-order valence-electron chi connectivity index (χ3n) is 2.38. The third-order valence-corrected chi connectivity index (χ3v) is 2.38. The molecule has 2 rings (SSSR count). The van der Waals surface area contributed by atoms with Gasteiger partial charge in [-0.3, -0.25) is 5.10 Å². The van der Waals surface area contributed by atoms with Crippen molar-refractivity contribution >= 4 is 0 Å². The maximum absolute atomic E-state index is 5.40. The van der Waals surface area contributed by atoms with Gasteiger partial charge in [0.05, 0.1) is 11.9 Å². The molecule has 11 heavy (non-hydrogen) atoms. The van der Waals surface area contributed by atoms with Gasteiger partial charge in [0.25, 0.3) is 0 Å². The summed E-state index contributed by atoms with van der Waals surface area (Å²) in [5.41, 5.74) is 2.34. The molecule has 1 aromatic rings. The number of hydrogen-bond acceptors (Lipinski definition) is 2. The molecule has 0 bridgehead atoms. The predicted molar refractivity (Wildman–Crippen MR) is 41.2 cm³/mol. The van der Waals surface area contributed by atoms with Crippen LogP contribution in [-0.2, 0) is 10.3 Å². The van der Waals surface area contributed by atoms with Crippen molar-refractivity contribution < 1.29 is 4.74 Å². The van der Waals surface area contributed by atoms with Gasteiger partial charge >= 0.3 is 0 Å². The van der Waals surface area contributed by atoms with Gasteiger partial charge in [-0.1, -0.05) is 0 Å². The highest BCUT2D eigenvalue weighted by atomic mass is 16.5. The number of aryl methyl sites for hydroxylation is 1. The summed E-state index contributed by atoms with van der Waals surface area (Å²) >= 11 is 0. The lowest BCUT2D eigenvalue weighted by Crippen LogP contribution is -2.10. The van der Waals surface area contributed by atoms with Gasteiger partial charge in [-0.05, 0) is 25.3 Å². The molecule has 0 aliphatic heterocycles. The maximum Gasteiger partial charge on any atom is 0.109 e. The Morgan fingerprint density at radius 1 is 1.64 bits per heavy atom. The van der Waals surface area contributed by atoms with Gasteiger partial charge < -0.3 is 4.74 Å². The molecule has 0 unspecified atom stereocenters. The lowest BCUT2D eigenvalue weighted by atomic mass is 10.1. The summed E-state index contributed by atoms with van der Waals surface area (Å²) in [6, 6.07) is 0. The summed E-state index contributed by atoms with van der Waals surface area (Å²) in [7, 11) is 1.76. The molecule has 0 amide bonds. The van der Waals surface area contributed by atoms with E-state index < -0.39 is 0 Å².